The van der Waals surface area contributed by atoms with Crippen molar-refractivity contribution in [3.63, 3.8) is 0 Å². The molecule has 0 unspecified atom stereocenters. The molecular formula is C10H14FN3. The van der Waals surface area contributed by atoms with Crippen LogP contribution in [0, 0.1) is 5.82 Å². The monoisotopic (exact) mass is 195 g/mol. The minimum Gasteiger partial charge on any atom is -0.299 e. The molecule has 1 aliphatic heterocycles. The number of likely N-dealkylation sites (tertiary alicyclic amines) is 1. The van der Waals surface area contributed by atoms with Crippen LogP contribution in [0.3, 0.4) is 0 Å². The highest BCUT2D eigenvalue weighted by Crippen LogP contribution is 2.25. The molecule has 14 heavy (non-hydrogen) atoms. The van der Waals surface area contributed by atoms with Crippen molar-refractivity contribution in [3.8, 4) is 0 Å². The third kappa shape index (κ3) is 1.75. The van der Waals surface area contributed by atoms with Gasteiger partial charge in [0.1, 0.15) is 5.82 Å². The highest BCUT2D eigenvalue weighted by Gasteiger charge is 2.31. The van der Waals surface area contributed by atoms with Gasteiger partial charge >= 0.3 is 0 Å². The quantitative estimate of drug-likeness (QED) is 0.714. The molecule has 1 aromatic heterocycles. The highest BCUT2D eigenvalue weighted by molar-refractivity contribution is 5.05. The number of halogens is 1. The summed E-state index contributed by atoms with van der Waals surface area (Å²) in [6, 6.07) is 0.576. The molecule has 1 fully saturated rings. The third-order valence-electron chi connectivity index (χ3n) is 2.65. The number of aromatic nitrogens is 2. The van der Waals surface area contributed by atoms with E-state index in [2.05, 4.69) is 28.7 Å². The first-order valence-corrected chi connectivity index (χ1v) is 4.88. The van der Waals surface area contributed by atoms with E-state index in [9.17, 15) is 4.39 Å². The van der Waals surface area contributed by atoms with E-state index in [0.717, 1.165) is 18.9 Å². The van der Waals surface area contributed by atoms with Gasteiger partial charge in [-0.2, -0.15) is 0 Å². The zero-order valence-electron chi connectivity index (χ0n) is 8.44. The second-order valence-corrected chi connectivity index (χ2v) is 4.00. The zero-order valence-corrected chi connectivity index (χ0v) is 8.44. The number of rotatable bonds is 2. The molecule has 1 aliphatic rings. The maximum Gasteiger partial charge on any atom is 0.159 e. The van der Waals surface area contributed by atoms with E-state index in [0.29, 0.717) is 12.0 Å². The maximum atomic E-state index is 12.5. The van der Waals surface area contributed by atoms with Crippen molar-refractivity contribution in [2.75, 3.05) is 13.1 Å². The molecule has 2 heterocycles. The normalized spacial score (nSPS) is 18.6. The van der Waals surface area contributed by atoms with E-state index < -0.39 is 0 Å². The topological polar surface area (TPSA) is 29.0 Å². The second kappa shape index (κ2) is 3.61. The SMILES string of the molecule is CC(C)N1CC(c2ncc(F)cn2)C1. The Morgan fingerprint density at radius 1 is 1.36 bits per heavy atom. The van der Waals surface area contributed by atoms with E-state index in [1.54, 1.807) is 0 Å². The molecule has 0 radical (unpaired) electrons. The van der Waals surface area contributed by atoms with E-state index in [1.807, 2.05) is 0 Å². The van der Waals surface area contributed by atoms with Gasteiger partial charge in [0.05, 0.1) is 12.4 Å². The molecular weight excluding hydrogens is 181 g/mol. The van der Waals surface area contributed by atoms with Gasteiger partial charge in [-0.25, -0.2) is 14.4 Å². The molecule has 1 aromatic rings. The minimum atomic E-state index is -0.367. The summed E-state index contributed by atoms with van der Waals surface area (Å²) in [5.74, 6) is 0.787. The van der Waals surface area contributed by atoms with E-state index in [1.165, 1.54) is 12.4 Å². The predicted octanol–water partition coefficient (Wildman–Crippen LogP) is 1.42. The average molecular weight is 195 g/mol. The predicted molar refractivity (Wildman–Crippen MR) is 51.4 cm³/mol. The first kappa shape index (κ1) is 9.52. The molecule has 0 amide bonds. The summed E-state index contributed by atoms with van der Waals surface area (Å²) in [4.78, 5) is 10.3. The summed E-state index contributed by atoms with van der Waals surface area (Å²) in [6.07, 6.45) is 2.47. The molecule has 0 aromatic carbocycles. The minimum absolute atomic E-state index is 0.367. The van der Waals surface area contributed by atoms with Crippen LogP contribution in [0.5, 0.6) is 0 Å². The van der Waals surface area contributed by atoms with Crippen molar-refractivity contribution in [1.82, 2.24) is 14.9 Å². The van der Waals surface area contributed by atoms with Gasteiger partial charge in [-0.05, 0) is 13.8 Å². The molecule has 0 aliphatic carbocycles. The van der Waals surface area contributed by atoms with Gasteiger partial charge in [0, 0.05) is 25.0 Å². The lowest BCUT2D eigenvalue weighted by Gasteiger charge is -2.41. The fourth-order valence-electron chi connectivity index (χ4n) is 1.63. The Kier molecular flexibility index (Phi) is 2.46. The molecule has 0 spiro atoms. The Morgan fingerprint density at radius 2 is 1.93 bits per heavy atom. The lowest BCUT2D eigenvalue weighted by Crippen LogP contribution is -2.49. The third-order valence-corrected chi connectivity index (χ3v) is 2.65. The van der Waals surface area contributed by atoms with E-state index >= 15 is 0 Å². The van der Waals surface area contributed by atoms with E-state index in [4.69, 9.17) is 0 Å². The van der Waals surface area contributed by atoms with Crippen molar-refractivity contribution >= 4 is 0 Å². The molecule has 0 atom stereocenters. The summed E-state index contributed by atoms with van der Waals surface area (Å²) >= 11 is 0. The van der Waals surface area contributed by atoms with Crippen LogP contribution >= 0.6 is 0 Å². The Hall–Kier alpha value is -1.03. The first-order valence-electron chi connectivity index (χ1n) is 4.88. The van der Waals surface area contributed by atoms with Crippen molar-refractivity contribution in [1.29, 1.82) is 0 Å². The summed E-state index contributed by atoms with van der Waals surface area (Å²) in [5.41, 5.74) is 0. The average Bonchev–Trinajstić information content (AvgIpc) is 2.05. The molecule has 4 heteroatoms. The summed E-state index contributed by atoms with van der Waals surface area (Å²) in [6.45, 7) is 6.32. The zero-order chi connectivity index (χ0) is 10.1. The lowest BCUT2D eigenvalue weighted by atomic mass is 9.97. The smallest absolute Gasteiger partial charge is 0.159 e. The Morgan fingerprint density at radius 3 is 2.43 bits per heavy atom. The molecule has 3 nitrogen and oxygen atoms in total. The van der Waals surface area contributed by atoms with Crippen LogP contribution in [-0.4, -0.2) is 34.0 Å². The van der Waals surface area contributed by atoms with Gasteiger partial charge in [0.15, 0.2) is 5.82 Å². The molecule has 2 rings (SSSR count). The first-order chi connectivity index (χ1) is 6.66. The van der Waals surface area contributed by atoms with Crippen LogP contribution in [0.25, 0.3) is 0 Å². The Labute approximate surface area is 83.0 Å². The Balaban J connectivity index is 1.96. The van der Waals surface area contributed by atoms with Gasteiger partial charge in [-0.3, -0.25) is 4.90 Å². The van der Waals surface area contributed by atoms with Crippen molar-refractivity contribution in [2.24, 2.45) is 0 Å². The number of hydrogen-bond acceptors (Lipinski definition) is 3. The maximum absolute atomic E-state index is 12.5. The molecule has 0 bridgehead atoms. The van der Waals surface area contributed by atoms with Crippen LogP contribution in [0.1, 0.15) is 25.6 Å². The van der Waals surface area contributed by atoms with Crippen LogP contribution in [0.15, 0.2) is 12.4 Å². The van der Waals surface area contributed by atoms with Gasteiger partial charge in [0.25, 0.3) is 0 Å². The largest absolute Gasteiger partial charge is 0.299 e. The van der Waals surface area contributed by atoms with Gasteiger partial charge < -0.3 is 0 Å². The van der Waals surface area contributed by atoms with Gasteiger partial charge in [0.2, 0.25) is 0 Å². The van der Waals surface area contributed by atoms with Crippen LogP contribution in [0.2, 0.25) is 0 Å². The number of nitrogens with zero attached hydrogens (tertiary/aromatic N) is 3. The second-order valence-electron chi connectivity index (χ2n) is 4.00. The fraction of sp³-hybridized carbons (Fsp3) is 0.600. The van der Waals surface area contributed by atoms with Crippen LogP contribution < -0.4 is 0 Å². The highest BCUT2D eigenvalue weighted by atomic mass is 19.1. The van der Waals surface area contributed by atoms with Crippen molar-refractivity contribution < 1.29 is 4.39 Å². The van der Waals surface area contributed by atoms with Crippen LogP contribution in [0.4, 0.5) is 4.39 Å². The summed E-state index contributed by atoms with van der Waals surface area (Å²) in [7, 11) is 0. The fourth-order valence-corrected chi connectivity index (χ4v) is 1.63. The molecule has 76 valence electrons. The molecule has 0 N–H and O–H groups in total. The van der Waals surface area contributed by atoms with Gasteiger partial charge in [-0.15, -0.1) is 0 Å². The van der Waals surface area contributed by atoms with Gasteiger partial charge in [-0.1, -0.05) is 0 Å². The lowest BCUT2D eigenvalue weighted by molar-refractivity contribution is 0.105. The van der Waals surface area contributed by atoms with Crippen molar-refractivity contribution in [3.05, 3.63) is 24.0 Å². The number of hydrogen-bond donors (Lipinski definition) is 0. The summed E-state index contributed by atoms with van der Waals surface area (Å²) in [5, 5.41) is 0. The molecule has 0 saturated carbocycles. The molecule has 1 saturated heterocycles. The summed E-state index contributed by atoms with van der Waals surface area (Å²) < 4.78 is 12.5. The van der Waals surface area contributed by atoms with Crippen molar-refractivity contribution in [2.45, 2.75) is 25.8 Å². The van der Waals surface area contributed by atoms with Crippen LogP contribution in [-0.2, 0) is 0 Å². The van der Waals surface area contributed by atoms with E-state index in [-0.39, 0.29) is 5.82 Å². The Bertz CT molecular complexity index is 304. The standard InChI is InChI=1S/C10H14FN3/c1-7(2)14-5-8(6-14)10-12-3-9(11)4-13-10/h3-4,7-8H,5-6H2,1-2H3.